The molecule has 0 radical (unpaired) electrons. The van der Waals surface area contributed by atoms with Crippen molar-refractivity contribution in [3.8, 4) is 11.4 Å². The minimum atomic E-state index is -4.53. The Kier molecular flexibility index (Phi) is 5.54. The third-order valence-electron chi connectivity index (χ3n) is 2.61. The van der Waals surface area contributed by atoms with Crippen molar-refractivity contribution in [3.63, 3.8) is 0 Å². The zero-order chi connectivity index (χ0) is 16.9. The molecule has 2 aromatic heterocycles. The van der Waals surface area contributed by atoms with E-state index in [0.717, 1.165) is 17.8 Å². The van der Waals surface area contributed by atoms with Gasteiger partial charge in [-0.1, -0.05) is 11.8 Å². The minimum absolute atomic E-state index is 0.0222. The van der Waals surface area contributed by atoms with Crippen molar-refractivity contribution in [2.75, 3.05) is 12.4 Å². The summed E-state index contributed by atoms with van der Waals surface area (Å²) >= 11 is 0.985. The number of carbonyl (C=O) groups is 1. The van der Waals surface area contributed by atoms with Crippen LogP contribution in [0, 0.1) is 0 Å². The Bertz CT molecular complexity index is 695. The maximum absolute atomic E-state index is 13.0. The first kappa shape index (κ1) is 17.2. The van der Waals surface area contributed by atoms with Crippen LogP contribution in [0.2, 0.25) is 0 Å². The van der Waals surface area contributed by atoms with Gasteiger partial charge in [0.1, 0.15) is 5.69 Å². The van der Waals surface area contributed by atoms with Crippen LogP contribution in [0.4, 0.5) is 13.2 Å². The van der Waals surface area contributed by atoms with Crippen LogP contribution in [-0.2, 0) is 15.7 Å². The molecule has 0 N–H and O–H groups in total. The first-order chi connectivity index (χ1) is 10.9. The molecule has 9 heteroatoms. The van der Waals surface area contributed by atoms with E-state index < -0.39 is 17.7 Å². The number of pyridine rings is 1. The standard InChI is InChI=1S/C14H12F3N3O2S/c1-2-22-11(21)8-23-13-19-7-5-10(20-13)12-9(14(15,16)17)4-3-6-18-12/h3-7H,2,8H2,1H3. The summed E-state index contributed by atoms with van der Waals surface area (Å²) < 4.78 is 43.8. The predicted octanol–water partition coefficient (Wildman–Crippen LogP) is 3.21. The third kappa shape index (κ3) is 4.65. The number of carbonyl (C=O) groups excluding carboxylic acids is 1. The van der Waals surface area contributed by atoms with Crippen molar-refractivity contribution in [1.82, 2.24) is 15.0 Å². The highest BCUT2D eigenvalue weighted by Gasteiger charge is 2.34. The van der Waals surface area contributed by atoms with Gasteiger partial charge < -0.3 is 4.74 Å². The topological polar surface area (TPSA) is 65.0 Å². The Hall–Kier alpha value is -2.16. The maximum Gasteiger partial charge on any atom is 0.418 e. The molecule has 0 amide bonds. The molecule has 23 heavy (non-hydrogen) atoms. The van der Waals surface area contributed by atoms with Crippen LogP contribution < -0.4 is 0 Å². The molecule has 2 rings (SSSR count). The first-order valence-electron chi connectivity index (χ1n) is 6.56. The zero-order valence-electron chi connectivity index (χ0n) is 12.0. The molecule has 5 nitrogen and oxygen atoms in total. The van der Waals surface area contributed by atoms with Crippen molar-refractivity contribution in [2.45, 2.75) is 18.3 Å². The summed E-state index contributed by atoms with van der Waals surface area (Å²) in [4.78, 5) is 23.0. The van der Waals surface area contributed by atoms with Crippen molar-refractivity contribution in [3.05, 3.63) is 36.2 Å². The van der Waals surface area contributed by atoms with Crippen LogP contribution in [0.15, 0.2) is 35.7 Å². The van der Waals surface area contributed by atoms with Crippen LogP contribution in [0.3, 0.4) is 0 Å². The Balaban J connectivity index is 2.25. The summed E-state index contributed by atoms with van der Waals surface area (Å²) in [5, 5.41) is 0.175. The van der Waals surface area contributed by atoms with Gasteiger partial charge in [-0.2, -0.15) is 13.2 Å². The van der Waals surface area contributed by atoms with Gasteiger partial charge in [-0.3, -0.25) is 9.78 Å². The van der Waals surface area contributed by atoms with Gasteiger partial charge >= 0.3 is 12.1 Å². The van der Waals surface area contributed by atoms with E-state index in [9.17, 15) is 18.0 Å². The van der Waals surface area contributed by atoms with Gasteiger partial charge in [-0.05, 0) is 25.1 Å². The third-order valence-corrected chi connectivity index (χ3v) is 3.45. The smallest absolute Gasteiger partial charge is 0.418 e. The highest BCUT2D eigenvalue weighted by atomic mass is 32.2. The molecular formula is C14H12F3N3O2S. The molecule has 2 heterocycles. The average Bonchev–Trinajstić information content (AvgIpc) is 2.53. The molecule has 0 aliphatic heterocycles. The van der Waals surface area contributed by atoms with Gasteiger partial charge in [0.25, 0.3) is 0 Å². The number of ether oxygens (including phenoxy) is 1. The van der Waals surface area contributed by atoms with Gasteiger partial charge in [0.05, 0.1) is 23.6 Å². The van der Waals surface area contributed by atoms with Gasteiger partial charge in [-0.25, -0.2) is 9.97 Å². The Labute approximate surface area is 134 Å². The summed E-state index contributed by atoms with van der Waals surface area (Å²) in [6.07, 6.45) is -1.95. The van der Waals surface area contributed by atoms with Crippen molar-refractivity contribution in [2.24, 2.45) is 0 Å². The van der Waals surface area contributed by atoms with E-state index in [-0.39, 0.29) is 28.9 Å². The number of thioether (sulfide) groups is 1. The number of esters is 1. The predicted molar refractivity (Wildman–Crippen MR) is 77.6 cm³/mol. The number of halogens is 3. The molecule has 0 saturated carbocycles. The lowest BCUT2D eigenvalue weighted by atomic mass is 10.1. The summed E-state index contributed by atoms with van der Waals surface area (Å²) in [6, 6.07) is 3.49. The molecule has 0 fully saturated rings. The SMILES string of the molecule is CCOC(=O)CSc1nccc(-c2ncccc2C(F)(F)F)n1. The molecular weight excluding hydrogens is 331 g/mol. The lowest BCUT2D eigenvalue weighted by Crippen LogP contribution is -2.09. The second-order valence-electron chi connectivity index (χ2n) is 4.22. The fourth-order valence-corrected chi connectivity index (χ4v) is 2.34. The number of nitrogens with zero attached hydrogens (tertiary/aromatic N) is 3. The van der Waals surface area contributed by atoms with Crippen molar-refractivity contribution >= 4 is 17.7 Å². The van der Waals surface area contributed by atoms with E-state index in [1.807, 2.05) is 0 Å². The maximum atomic E-state index is 13.0. The molecule has 0 unspecified atom stereocenters. The molecule has 0 aliphatic rings. The molecule has 0 spiro atoms. The van der Waals surface area contributed by atoms with Crippen LogP contribution in [0.5, 0.6) is 0 Å². The molecule has 2 aromatic rings. The van der Waals surface area contributed by atoms with Crippen molar-refractivity contribution in [1.29, 1.82) is 0 Å². The number of hydrogen-bond acceptors (Lipinski definition) is 6. The minimum Gasteiger partial charge on any atom is -0.465 e. The molecule has 0 saturated heterocycles. The Morgan fingerprint density at radius 1 is 1.26 bits per heavy atom. The fourth-order valence-electron chi connectivity index (χ4n) is 1.71. The second-order valence-corrected chi connectivity index (χ2v) is 5.16. The Morgan fingerprint density at radius 3 is 2.74 bits per heavy atom. The molecule has 0 aliphatic carbocycles. The summed E-state index contributed by atoms with van der Waals surface area (Å²) in [7, 11) is 0. The second kappa shape index (κ2) is 7.40. The van der Waals surface area contributed by atoms with Gasteiger partial charge in [0.2, 0.25) is 0 Å². The van der Waals surface area contributed by atoms with E-state index in [2.05, 4.69) is 15.0 Å². The summed E-state index contributed by atoms with van der Waals surface area (Å²) in [5.41, 5.74) is -1.11. The van der Waals surface area contributed by atoms with Gasteiger partial charge in [-0.15, -0.1) is 0 Å². The lowest BCUT2D eigenvalue weighted by Gasteiger charge is -2.11. The fraction of sp³-hybridized carbons (Fsp3) is 0.286. The highest BCUT2D eigenvalue weighted by Crippen LogP contribution is 2.35. The number of hydrogen-bond donors (Lipinski definition) is 0. The van der Waals surface area contributed by atoms with Crippen LogP contribution in [0.1, 0.15) is 12.5 Å². The van der Waals surface area contributed by atoms with Gasteiger partial charge in [0.15, 0.2) is 5.16 Å². The summed E-state index contributed by atoms with van der Waals surface area (Å²) in [5.74, 6) is -0.466. The largest absolute Gasteiger partial charge is 0.465 e. The number of alkyl halides is 3. The Morgan fingerprint density at radius 2 is 2.04 bits per heavy atom. The summed E-state index contributed by atoms with van der Waals surface area (Å²) in [6.45, 7) is 1.93. The lowest BCUT2D eigenvalue weighted by molar-refractivity contribution is -0.140. The molecule has 0 bridgehead atoms. The van der Waals surface area contributed by atoms with Crippen LogP contribution >= 0.6 is 11.8 Å². The zero-order valence-corrected chi connectivity index (χ0v) is 12.8. The monoisotopic (exact) mass is 343 g/mol. The average molecular weight is 343 g/mol. The van der Waals surface area contributed by atoms with Crippen molar-refractivity contribution < 1.29 is 22.7 Å². The van der Waals surface area contributed by atoms with E-state index in [4.69, 9.17) is 4.74 Å². The molecule has 122 valence electrons. The quantitative estimate of drug-likeness (QED) is 0.472. The van der Waals surface area contributed by atoms with E-state index in [0.29, 0.717) is 0 Å². The molecule has 0 aromatic carbocycles. The van der Waals surface area contributed by atoms with E-state index in [1.165, 1.54) is 24.5 Å². The van der Waals surface area contributed by atoms with Gasteiger partial charge in [0, 0.05) is 12.4 Å². The van der Waals surface area contributed by atoms with Crippen LogP contribution in [0.25, 0.3) is 11.4 Å². The van der Waals surface area contributed by atoms with Crippen LogP contribution in [-0.4, -0.2) is 33.3 Å². The molecule has 0 atom stereocenters. The number of rotatable bonds is 5. The normalized spacial score (nSPS) is 11.3. The first-order valence-corrected chi connectivity index (χ1v) is 7.54. The van der Waals surface area contributed by atoms with E-state index >= 15 is 0 Å². The number of aromatic nitrogens is 3. The highest BCUT2D eigenvalue weighted by molar-refractivity contribution is 7.99. The van der Waals surface area contributed by atoms with E-state index in [1.54, 1.807) is 6.92 Å².